The fourth-order valence-corrected chi connectivity index (χ4v) is 3.39. The van der Waals surface area contributed by atoms with Crippen LogP contribution in [0.2, 0.25) is 0 Å². The van der Waals surface area contributed by atoms with E-state index in [4.69, 9.17) is 4.74 Å². The molecule has 23 heavy (non-hydrogen) atoms. The summed E-state index contributed by atoms with van der Waals surface area (Å²) in [5.74, 6) is -0.746. The molecule has 2 aromatic rings. The minimum atomic E-state index is -0.832. The molecule has 1 aromatic heterocycles. The van der Waals surface area contributed by atoms with Gasteiger partial charge in [0.15, 0.2) is 0 Å². The Morgan fingerprint density at radius 2 is 2.22 bits per heavy atom. The smallest absolute Gasteiger partial charge is 0.308 e. The zero-order valence-corrected chi connectivity index (χ0v) is 13.0. The van der Waals surface area contributed by atoms with E-state index in [0.29, 0.717) is 6.42 Å². The van der Waals surface area contributed by atoms with Crippen molar-refractivity contribution in [2.75, 3.05) is 7.11 Å². The summed E-state index contributed by atoms with van der Waals surface area (Å²) in [7, 11) is 1.60. The number of H-pyrrole nitrogens is 1. The van der Waals surface area contributed by atoms with Crippen molar-refractivity contribution in [3.63, 3.8) is 0 Å². The molecular formula is C17H20N2O4. The number of carbonyl (C=O) groups excluding carboxylic acids is 1. The molecule has 0 bridgehead atoms. The molecule has 6 nitrogen and oxygen atoms in total. The molecule has 1 aliphatic rings. The Kier molecular flexibility index (Phi) is 4.23. The van der Waals surface area contributed by atoms with E-state index < -0.39 is 11.9 Å². The lowest BCUT2D eigenvalue weighted by Crippen LogP contribution is -2.40. The molecule has 1 heterocycles. The Morgan fingerprint density at radius 1 is 1.39 bits per heavy atom. The van der Waals surface area contributed by atoms with Gasteiger partial charge in [0.1, 0.15) is 5.75 Å². The number of aromatic amines is 1. The maximum absolute atomic E-state index is 12.3. The van der Waals surface area contributed by atoms with Crippen LogP contribution < -0.4 is 10.1 Å². The third-order valence-electron chi connectivity index (χ3n) is 4.50. The minimum Gasteiger partial charge on any atom is -0.496 e. The Balaban J connectivity index is 1.75. The van der Waals surface area contributed by atoms with Gasteiger partial charge in [0.25, 0.3) is 0 Å². The van der Waals surface area contributed by atoms with Crippen LogP contribution in [0.4, 0.5) is 0 Å². The second kappa shape index (κ2) is 6.32. The zero-order chi connectivity index (χ0) is 16.4. The molecule has 0 aliphatic heterocycles. The maximum atomic E-state index is 12.3. The summed E-state index contributed by atoms with van der Waals surface area (Å²) in [6.45, 7) is 0. The zero-order valence-electron chi connectivity index (χ0n) is 13.0. The van der Waals surface area contributed by atoms with Gasteiger partial charge in [-0.25, -0.2) is 0 Å². The second-order valence-corrected chi connectivity index (χ2v) is 5.92. The highest BCUT2D eigenvalue weighted by molar-refractivity contribution is 5.93. The van der Waals surface area contributed by atoms with E-state index in [1.807, 2.05) is 18.2 Å². The summed E-state index contributed by atoms with van der Waals surface area (Å²) in [6.07, 6.45) is 4.18. The standard InChI is InChI=1S/C17H20N2O4/c1-23-14-7-3-6-13-16(14)10(9-18-13)8-15(20)19-12-5-2-4-11(12)17(21)22/h3,6-7,9,11-12,18H,2,4-5,8H2,1H3,(H,19,20)(H,21,22)/t11-,12+/m0/s1. The lowest BCUT2D eigenvalue weighted by atomic mass is 10.0. The first-order valence-electron chi connectivity index (χ1n) is 7.75. The molecule has 6 heteroatoms. The number of carboxylic acid groups (broad SMARTS) is 1. The van der Waals surface area contributed by atoms with E-state index >= 15 is 0 Å². The molecule has 0 unspecified atom stereocenters. The number of ether oxygens (including phenoxy) is 1. The first-order chi connectivity index (χ1) is 11.1. The van der Waals surface area contributed by atoms with Crippen molar-refractivity contribution in [1.82, 2.24) is 10.3 Å². The number of aromatic nitrogens is 1. The van der Waals surface area contributed by atoms with E-state index in [0.717, 1.165) is 35.1 Å². The number of carboxylic acids is 1. The number of aliphatic carboxylic acids is 1. The van der Waals surface area contributed by atoms with Crippen molar-refractivity contribution in [1.29, 1.82) is 0 Å². The molecule has 1 amide bonds. The largest absolute Gasteiger partial charge is 0.496 e. The Labute approximate surface area is 133 Å². The summed E-state index contributed by atoms with van der Waals surface area (Å²) in [5, 5.41) is 13.0. The molecule has 0 saturated heterocycles. The van der Waals surface area contributed by atoms with Crippen molar-refractivity contribution in [3.8, 4) is 5.75 Å². The molecule has 0 spiro atoms. The van der Waals surface area contributed by atoms with Crippen molar-refractivity contribution in [3.05, 3.63) is 30.0 Å². The maximum Gasteiger partial charge on any atom is 0.308 e. The van der Waals surface area contributed by atoms with Crippen molar-refractivity contribution in [2.45, 2.75) is 31.7 Å². The van der Waals surface area contributed by atoms with E-state index in [9.17, 15) is 14.7 Å². The van der Waals surface area contributed by atoms with E-state index in [2.05, 4.69) is 10.3 Å². The molecule has 1 aromatic carbocycles. The molecule has 3 N–H and O–H groups in total. The third kappa shape index (κ3) is 3.02. The number of nitrogens with one attached hydrogen (secondary N) is 2. The van der Waals surface area contributed by atoms with Crippen molar-refractivity contribution >= 4 is 22.8 Å². The molecule has 1 fully saturated rings. The van der Waals surface area contributed by atoms with Gasteiger partial charge in [-0.1, -0.05) is 12.5 Å². The molecular weight excluding hydrogens is 296 g/mol. The average Bonchev–Trinajstić information content (AvgIpc) is 3.14. The number of benzene rings is 1. The summed E-state index contributed by atoms with van der Waals surface area (Å²) in [6, 6.07) is 5.40. The van der Waals surface area contributed by atoms with Crippen LogP contribution >= 0.6 is 0 Å². The van der Waals surface area contributed by atoms with Gasteiger partial charge in [0, 0.05) is 23.1 Å². The van der Waals surface area contributed by atoms with E-state index in [1.54, 1.807) is 13.3 Å². The monoisotopic (exact) mass is 316 g/mol. The number of amides is 1. The van der Waals surface area contributed by atoms with Crippen LogP contribution in [0.15, 0.2) is 24.4 Å². The van der Waals surface area contributed by atoms with Gasteiger partial charge in [-0.2, -0.15) is 0 Å². The highest BCUT2D eigenvalue weighted by Crippen LogP contribution is 2.29. The summed E-state index contributed by atoms with van der Waals surface area (Å²) in [4.78, 5) is 26.6. The van der Waals surface area contributed by atoms with Crippen molar-refractivity contribution in [2.24, 2.45) is 5.92 Å². The van der Waals surface area contributed by atoms with Crippen LogP contribution in [-0.4, -0.2) is 35.1 Å². The van der Waals surface area contributed by atoms with E-state index in [1.165, 1.54) is 0 Å². The van der Waals surface area contributed by atoms with Gasteiger partial charge in [-0.05, 0) is 30.5 Å². The van der Waals surface area contributed by atoms with Crippen LogP contribution in [0.3, 0.4) is 0 Å². The predicted molar refractivity (Wildman–Crippen MR) is 85.5 cm³/mol. The second-order valence-electron chi connectivity index (χ2n) is 5.92. The lowest BCUT2D eigenvalue weighted by molar-refractivity contribution is -0.142. The Bertz CT molecular complexity index is 737. The summed E-state index contributed by atoms with van der Waals surface area (Å²) in [5.41, 5.74) is 1.76. The lowest BCUT2D eigenvalue weighted by Gasteiger charge is -2.17. The molecule has 3 rings (SSSR count). The first-order valence-corrected chi connectivity index (χ1v) is 7.75. The SMILES string of the molecule is COc1cccc2[nH]cc(CC(=O)N[C@@H]3CCC[C@@H]3C(=O)O)c12. The third-order valence-corrected chi connectivity index (χ3v) is 4.50. The van der Waals surface area contributed by atoms with Gasteiger partial charge in [0.05, 0.1) is 19.4 Å². The van der Waals surface area contributed by atoms with Gasteiger partial charge >= 0.3 is 5.97 Å². The number of rotatable bonds is 5. The van der Waals surface area contributed by atoms with Gasteiger partial charge in [-0.3, -0.25) is 9.59 Å². The normalized spacial score (nSPS) is 20.6. The topological polar surface area (TPSA) is 91.4 Å². The van der Waals surface area contributed by atoms with Crippen LogP contribution in [0, 0.1) is 5.92 Å². The van der Waals surface area contributed by atoms with Gasteiger partial charge in [0.2, 0.25) is 5.91 Å². The minimum absolute atomic E-state index is 0.157. The van der Waals surface area contributed by atoms with Crippen LogP contribution in [0.5, 0.6) is 5.75 Å². The highest BCUT2D eigenvalue weighted by atomic mass is 16.5. The molecule has 122 valence electrons. The first kappa shape index (κ1) is 15.4. The molecule has 0 radical (unpaired) electrons. The number of hydrogen-bond acceptors (Lipinski definition) is 3. The predicted octanol–water partition coefficient (Wildman–Crippen LogP) is 2.09. The molecule has 1 aliphatic carbocycles. The highest BCUT2D eigenvalue weighted by Gasteiger charge is 2.33. The number of carbonyl (C=O) groups is 2. The van der Waals surface area contributed by atoms with Gasteiger partial charge < -0.3 is 20.1 Å². The van der Waals surface area contributed by atoms with Gasteiger partial charge in [-0.15, -0.1) is 0 Å². The van der Waals surface area contributed by atoms with Crippen LogP contribution in [0.1, 0.15) is 24.8 Å². The Morgan fingerprint density at radius 3 is 2.96 bits per heavy atom. The summed E-state index contributed by atoms with van der Waals surface area (Å²) >= 11 is 0. The fourth-order valence-electron chi connectivity index (χ4n) is 3.39. The molecule has 1 saturated carbocycles. The number of fused-ring (bicyclic) bond motifs is 1. The number of methoxy groups -OCH3 is 1. The van der Waals surface area contributed by atoms with Crippen LogP contribution in [-0.2, 0) is 16.0 Å². The number of hydrogen-bond donors (Lipinski definition) is 3. The fraction of sp³-hybridized carbons (Fsp3) is 0.412. The average molecular weight is 316 g/mol. The summed E-state index contributed by atoms with van der Waals surface area (Å²) < 4.78 is 5.36. The van der Waals surface area contributed by atoms with Crippen molar-refractivity contribution < 1.29 is 19.4 Å². The van der Waals surface area contributed by atoms with E-state index in [-0.39, 0.29) is 18.4 Å². The molecule has 2 atom stereocenters. The Hall–Kier alpha value is -2.50. The van der Waals surface area contributed by atoms with Crippen LogP contribution in [0.25, 0.3) is 10.9 Å². The quantitative estimate of drug-likeness (QED) is 0.787.